The molecule has 1 N–H and O–H groups in total. The maximum Gasteiger partial charge on any atom is 0.254 e. The molecule has 0 bridgehead atoms. The van der Waals surface area contributed by atoms with Crippen LogP contribution < -0.4 is 0 Å². The lowest BCUT2D eigenvalue weighted by molar-refractivity contribution is -0.504. The Morgan fingerprint density at radius 2 is 2.25 bits per heavy atom. The van der Waals surface area contributed by atoms with Crippen LogP contribution >= 0.6 is 0 Å². The summed E-state index contributed by atoms with van der Waals surface area (Å²) in [5, 5.41) is 22.0. The van der Waals surface area contributed by atoms with Crippen LogP contribution in [0.1, 0.15) is 32.1 Å². The number of nitrogens with zero attached hydrogens (tertiary/aromatic N) is 2. The highest BCUT2D eigenvalue weighted by molar-refractivity contribution is 5.88. The van der Waals surface area contributed by atoms with Crippen molar-refractivity contribution in [1.29, 1.82) is 0 Å². The molecule has 0 amide bonds. The molecule has 5 nitrogen and oxygen atoms in total. The Labute approximate surface area is 70.2 Å². The second-order valence-corrected chi connectivity index (χ2v) is 2.99. The van der Waals surface area contributed by atoms with Gasteiger partial charge in [0, 0.05) is 11.3 Å². The van der Waals surface area contributed by atoms with E-state index in [4.69, 9.17) is 5.21 Å². The minimum atomic E-state index is -0.752. The van der Waals surface area contributed by atoms with Gasteiger partial charge in [-0.2, -0.15) is 0 Å². The van der Waals surface area contributed by atoms with Gasteiger partial charge in [0.15, 0.2) is 0 Å². The molecule has 0 aromatic heterocycles. The molecule has 12 heavy (non-hydrogen) atoms. The molecule has 1 saturated carbocycles. The van der Waals surface area contributed by atoms with Crippen LogP contribution in [0.3, 0.4) is 0 Å². The van der Waals surface area contributed by atoms with Crippen LogP contribution in [0.15, 0.2) is 5.16 Å². The largest absolute Gasteiger partial charge is 0.411 e. The van der Waals surface area contributed by atoms with Crippen molar-refractivity contribution in [3.05, 3.63) is 10.1 Å². The van der Waals surface area contributed by atoms with Crippen LogP contribution in [-0.2, 0) is 0 Å². The molecule has 1 rings (SSSR count). The summed E-state index contributed by atoms with van der Waals surface area (Å²) in [7, 11) is 0. The van der Waals surface area contributed by atoms with Crippen molar-refractivity contribution in [1.82, 2.24) is 0 Å². The molecule has 0 radical (unpaired) electrons. The molecule has 0 aromatic rings. The van der Waals surface area contributed by atoms with E-state index >= 15 is 0 Å². The first-order chi connectivity index (χ1) is 5.75. The van der Waals surface area contributed by atoms with Crippen LogP contribution in [0.2, 0.25) is 0 Å². The number of nitro groups is 1. The predicted octanol–water partition coefficient (Wildman–Crippen LogP) is 1.43. The van der Waals surface area contributed by atoms with Gasteiger partial charge in [0.05, 0.1) is 0 Å². The maximum absolute atomic E-state index is 10.5. The number of hydrogen-bond donors (Lipinski definition) is 1. The molecule has 0 saturated heterocycles. The van der Waals surface area contributed by atoms with Crippen molar-refractivity contribution in [2.24, 2.45) is 5.16 Å². The molecule has 5 heteroatoms. The zero-order valence-corrected chi connectivity index (χ0v) is 6.77. The normalized spacial score (nSPS) is 28.3. The summed E-state index contributed by atoms with van der Waals surface area (Å²) in [6.07, 6.45) is 3.80. The minimum Gasteiger partial charge on any atom is -0.411 e. The van der Waals surface area contributed by atoms with E-state index in [1.54, 1.807) is 0 Å². The van der Waals surface area contributed by atoms with Crippen LogP contribution in [0.25, 0.3) is 0 Å². The van der Waals surface area contributed by atoms with Gasteiger partial charge in [0.25, 0.3) is 6.04 Å². The van der Waals surface area contributed by atoms with E-state index < -0.39 is 6.04 Å². The SMILES string of the molecule is O=[N+]([O-])C1CCCCC/C1=N\O. The van der Waals surface area contributed by atoms with Crippen LogP contribution in [0.5, 0.6) is 0 Å². The van der Waals surface area contributed by atoms with Gasteiger partial charge in [0.2, 0.25) is 0 Å². The van der Waals surface area contributed by atoms with Crippen molar-refractivity contribution in [3.63, 3.8) is 0 Å². The summed E-state index contributed by atoms with van der Waals surface area (Å²) in [6, 6.07) is -0.752. The highest BCUT2D eigenvalue weighted by Crippen LogP contribution is 2.17. The first-order valence-electron chi connectivity index (χ1n) is 4.10. The summed E-state index contributed by atoms with van der Waals surface area (Å²) in [5.41, 5.74) is 0.331. The van der Waals surface area contributed by atoms with Gasteiger partial charge < -0.3 is 5.21 Å². The quantitative estimate of drug-likeness (QED) is 0.281. The monoisotopic (exact) mass is 172 g/mol. The van der Waals surface area contributed by atoms with Gasteiger partial charge >= 0.3 is 0 Å². The summed E-state index contributed by atoms with van der Waals surface area (Å²) >= 11 is 0. The second kappa shape index (κ2) is 4.04. The average molecular weight is 172 g/mol. The molecular weight excluding hydrogens is 160 g/mol. The minimum absolute atomic E-state index is 0.331. The highest BCUT2D eigenvalue weighted by atomic mass is 16.6. The summed E-state index contributed by atoms with van der Waals surface area (Å²) < 4.78 is 0. The smallest absolute Gasteiger partial charge is 0.254 e. The first kappa shape index (κ1) is 8.96. The van der Waals surface area contributed by atoms with Gasteiger partial charge in [-0.25, -0.2) is 0 Å². The average Bonchev–Trinajstić information content (AvgIpc) is 2.27. The van der Waals surface area contributed by atoms with E-state index in [-0.39, 0.29) is 4.92 Å². The van der Waals surface area contributed by atoms with E-state index in [1.165, 1.54) is 0 Å². The fraction of sp³-hybridized carbons (Fsp3) is 0.857. The molecule has 1 fully saturated rings. The highest BCUT2D eigenvalue weighted by Gasteiger charge is 2.28. The molecule has 0 aromatic carbocycles. The Morgan fingerprint density at radius 3 is 2.83 bits per heavy atom. The Hall–Kier alpha value is -1.13. The van der Waals surface area contributed by atoms with E-state index in [0.717, 1.165) is 19.3 Å². The first-order valence-corrected chi connectivity index (χ1v) is 4.10. The Bertz CT molecular complexity index is 203. The third-order valence-electron chi connectivity index (χ3n) is 2.18. The molecule has 1 aliphatic rings. The van der Waals surface area contributed by atoms with E-state index in [2.05, 4.69) is 5.16 Å². The molecule has 0 spiro atoms. The van der Waals surface area contributed by atoms with Crippen LogP contribution in [0, 0.1) is 10.1 Å². The fourth-order valence-corrected chi connectivity index (χ4v) is 1.50. The van der Waals surface area contributed by atoms with Crippen molar-refractivity contribution < 1.29 is 10.1 Å². The van der Waals surface area contributed by atoms with Gasteiger partial charge in [-0.05, 0) is 19.3 Å². The van der Waals surface area contributed by atoms with Crippen molar-refractivity contribution in [2.75, 3.05) is 0 Å². The molecule has 0 heterocycles. The van der Waals surface area contributed by atoms with E-state index in [0.29, 0.717) is 18.6 Å². The van der Waals surface area contributed by atoms with Crippen LogP contribution in [-0.4, -0.2) is 21.9 Å². The Balaban J connectivity index is 2.71. The third-order valence-corrected chi connectivity index (χ3v) is 2.18. The summed E-state index contributed by atoms with van der Waals surface area (Å²) in [6.45, 7) is 0. The van der Waals surface area contributed by atoms with Gasteiger partial charge in [-0.3, -0.25) is 10.1 Å². The molecule has 1 atom stereocenters. The molecule has 0 aliphatic heterocycles. The fourth-order valence-electron chi connectivity index (χ4n) is 1.50. The second-order valence-electron chi connectivity index (χ2n) is 2.99. The van der Waals surface area contributed by atoms with Gasteiger partial charge in [-0.1, -0.05) is 11.6 Å². The molecular formula is C7H12N2O3. The number of oxime groups is 1. The van der Waals surface area contributed by atoms with Gasteiger partial charge in [-0.15, -0.1) is 0 Å². The Kier molecular flexibility index (Phi) is 3.01. The van der Waals surface area contributed by atoms with Crippen molar-refractivity contribution >= 4 is 5.71 Å². The molecule has 1 aliphatic carbocycles. The number of hydrogen-bond acceptors (Lipinski definition) is 4. The van der Waals surface area contributed by atoms with Crippen molar-refractivity contribution in [3.8, 4) is 0 Å². The lowest BCUT2D eigenvalue weighted by atomic mass is 10.1. The van der Waals surface area contributed by atoms with Gasteiger partial charge in [0.1, 0.15) is 5.71 Å². The molecule has 68 valence electrons. The predicted molar refractivity (Wildman–Crippen MR) is 43.1 cm³/mol. The lowest BCUT2D eigenvalue weighted by Gasteiger charge is -2.05. The lowest BCUT2D eigenvalue weighted by Crippen LogP contribution is -2.28. The number of rotatable bonds is 1. The zero-order valence-electron chi connectivity index (χ0n) is 6.77. The third kappa shape index (κ3) is 1.93. The summed E-state index contributed by atoms with van der Waals surface area (Å²) in [5.74, 6) is 0. The summed E-state index contributed by atoms with van der Waals surface area (Å²) in [4.78, 5) is 10.1. The zero-order chi connectivity index (χ0) is 8.97. The van der Waals surface area contributed by atoms with Crippen molar-refractivity contribution in [2.45, 2.75) is 38.1 Å². The van der Waals surface area contributed by atoms with E-state index in [9.17, 15) is 10.1 Å². The standard InChI is InChI=1S/C7H12N2O3/c10-8-6-4-2-1-3-5-7(6)9(11)12/h7,10H,1-5H2/b8-6+. The topological polar surface area (TPSA) is 75.7 Å². The molecule has 1 unspecified atom stereocenters. The Morgan fingerprint density at radius 1 is 1.50 bits per heavy atom. The van der Waals surface area contributed by atoms with Crippen LogP contribution in [0.4, 0.5) is 0 Å². The maximum atomic E-state index is 10.5. The van der Waals surface area contributed by atoms with E-state index in [1.807, 2.05) is 0 Å².